The number of sulfonamides is 1. The summed E-state index contributed by atoms with van der Waals surface area (Å²) in [5.74, 6) is 1.94. The first kappa shape index (κ1) is 20.1. The molecule has 0 saturated carbocycles. The third kappa shape index (κ3) is 5.90. The van der Waals surface area contributed by atoms with Crippen molar-refractivity contribution in [2.75, 3.05) is 39.0 Å². The fourth-order valence-corrected chi connectivity index (χ4v) is 4.86. The molecule has 1 aliphatic heterocycles. The highest BCUT2D eigenvalue weighted by Crippen LogP contribution is 2.20. The summed E-state index contributed by atoms with van der Waals surface area (Å²) in [5, 5.41) is 3.89. The van der Waals surface area contributed by atoms with E-state index in [1.807, 2.05) is 18.7 Å². The maximum absolute atomic E-state index is 12.3. The zero-order valence-electron chi connectivity index (χ0n) is 15.2. The lowest BCUT2D eigenvalue weighted by atomic mass is 10.2. The molecule has 1 saturated heterocycles. The summed E-state index contributed by atoms with van der Waals surface area (Å²) in [4.78, 5) is 6.87. The Hall–Kier alpha value is -1.25. The van der Waals surface area contributed by atoms with Crippen LogP contribution in [0.4, 0.5) is 0 Å². The highest BCUT2D eigenvalue weighted by Gasteiger charge is 2.21. The van der Waals surface area contributed by atoms with E-state index in [9.17, 15) is 8.42 Å². The SMILES string of the molecule is CCC1CN(C(=NC)NCCNS(=O)(=O)c2ccc(C)cc2)CCS1. The Morgan fingerprint density at radius 1 is 1.32 bits per heavy atom. The largest absolute Gasteiger partial charge is 0.355 e. The van der Waals surface area contributed by atoms with Crippen LogP contribution in [0.1, 0.15) is 18.9 Å². The van der Waals surface area contributed by atoms with Crippen LogP contribution >= 0.6 is 11.8 Å². The minimum absolute atomic E-state index is 0.293. The molecule has 2 N–H and O–H groups in total. The molecule has 140 valence electrons. The fraction of sp³-hybridized carbons (Fsp3) is 0.588. The molecule has 0 radical (unpaired) electrons. The summed E-state index contributed by atoms with van der Waals surface area (Å²) in [5.41, 5.74) is 1.04. The Labute approximate surface area is 155 Å². The number of thioether (sulfide) groups is 1. The van der Waals surface area contributed by atoms with Gasteiger partial charge in [-0.2, -0.15) is 11.8 Å². The van der Waals surface area contributed by atoms with E-state index < -0.39 is 10.0 Å². The van der Waals surface area contributed by atoms with Crippen molar-refractivity contribution in [3.8, 4) is 0 Å². The van der Waals surface area contributed by atoms with E-state index in [4.69, 9.17) is 0 Å². The van der Waals surface area contributed by atoms with Gasteiger partial charge >= 0.3 is 0 Å². The predicted molar refractivity (Wildman–Crippen MR) is 106 cm³/mol. The highest BCUT2D eigenvalue weighted by atomic mass is 32.2. The number of nitrogens with one attached hydrogen (secondary N) is 2. The molecule has 2 rings (SSSR count). The van der Waals surface area contributed by atoms with Gasteiger partial charge in [-0.15, -0.1) is 0 Å². The van der Waals surface area contributed by atoms with Gasteiger partial charge in [0.15, 0.2) is 5.96 Å². The number of hydrogen-bond donors (Lipinski definition) is 2. The molecule has 1 atom stereocenters. The first-order valence-electron chi connectivity index (χ1n) is 8.59. The monoisotopic (exact) mass is 384 g/mol. The van der Waals surface area contributed by atoms with Crippen molar-refractivity contribution in [3.63, 3.8) is 0 Å². The maximum atomic E-state index is 12.3. The maximum Gasteiger partial charge on any atom is 0.240 e. The Balaban J connectivity index is 1.82. The first-order chi connectivity index (χ1) is 12.0. The van der Waals surface area contributed by atoms with Crippen LogP contribution in [-0.2, 0) is 10.0 Å². The average molecular weight is 385 g/mol. The molecule has 0 aliphatic carbocycles. The normalized spacial score (nSPS) is 19.1. The Morgan fingerprint density at radius 2 is 2.04 bits per heavy atom. The number of aryl methyl sites for hydroxylation is 1. The number of rotatable bonds is 6. The molecule has 1 aromatic rings. The second kappa shape index (κ2) is 9.45. The van der Waals surface area contributed by atoms with E-state index in [-0.39, 0.29) is 0 Å². The van der Waals surface area contributed by atoms with Gasteiger partial charge in [-0.25, -0.2) is 13.1 Å². The molecule has 25 heavy (non-hydrogen) atoms. The van der Waals surface area contributed by atoms with Crippen LogP contribution < -0.4 is 10.0 Å². The number of nitrogens with zero attached hydrogens (tertiary/aromatic N) is 2. The van der Waals surface area contributed by atoms with Gasteiger partial charge in [-0.05, 0) is 25.5 Å². The van der Waals surface area contributed by atoms with Crippen molar-refractivity contribution < 1.29 is 8.42 Å². The van der Waals surface area contributed by atoms with E-state index >= 15 is 0 Å². The zero-order chi connectivity index (χ0) is 18.3. The molecule has 1 heterocycles. The number of aliphatic imine (C=N–C) groups is 1. The van der Waals surface area contributed by atoms with Crippen LogP contribution in [0.2, 0.25) is 0 Å². The van der Waals surface area contributed by atoms with Crippen LogP contribution in [0.5, 0.6) is 0 Å². The van der Waals surface area contributed by atoms with Crippen molar-refractivity contribution in [1.82, 2.24) is 14.9 Å². The molecule has 0 spiro atoms. The van der Waals surface area contributed by atoms with Gasteiger partial charge in [0.25, 0.3) is 0 Å². The molecule has 1 fully saturated rings. The van der Waals surface area contributed by atoms with Crippen LogP contribution in [0, 0.1) is 6.92 Å². The second-order valence-electron chi connectivity index (χ2n) is 6.03. The number of guanidine groups is 1. The summed E-state index contributed by atoms with van der Waals surface area (Å²) in [6, 6.07) is 6.85. The lowest BCUT2D eigenvalue weighted by Crippen LogP contribution is -2.49. The van der Waals surface area contributed by atoms with E-state index in [0.717, 1.165) is 36.8 Å². The van der Waals surface area contributed by atoms with E-state index in [1.165, 1.54) is 0 Å². The second-order valence-corrected chi connectivity index (χ2v) is 9.21. The minimum Gasteiger partial charge on any atom is -0.355 e. The summed E-state index contributed by atoms with van der Waals surface area (Å²) in [6.45, 7) is 6.90. The number of hydrogen-bond acceptors (Lipinski definition) is 4. The standard InChI is InChI=1S/C17H28N4O2S2/c1-4-15-13-21(11-12-24-15)17(18-3)19-9-10-20-25(22,23)16-7-5-14(2)6-8-16/h5-8,15,20H,4,9-13H2,1-3H3,(H,18,19). The Kier molecular flexibility index (Phi) is 7.58. The summed E-state index contributed by atoms with van der Waals surface area (Å²) >= 11 is 2.01. The van der Waals surface area contributed by atoms with Gasteiger partial charge in [0.05, 0.1) is 4.90 Å². The van der Waals surface area contributed by atoms with Crippen molar-refractivity contribution in [3.05, 3.63) is 29.8 Å². The molecule has 1 aromatic carbocycles. The summed E-state index contributed by atoms with van der Waals surface area (Å²) in [7, 11) is -1.70. The quantitative estimate of drug-likeness (QED) is 0.443. The molecule has 0 aromatic heterocycles. The average Bonchev–Trinajstić information content (AvgIpc) is 2.62. The van der Waals surface area contributed by atoms with Crippen LogP contribution in [0.25, 0.3) is 0 Å². The van der Waals surface area contributed by atoms with E-state index in [2.05, 4.69) is 26.9 Å². The molecule has 0 bridgehead atoms. The summed E-state index contributed by atoms with van der Waals surface area (Å²) < 4.78 is 27.1. The molecule has 8 heteroatoms. The fourth-order valence-electron chi connectivity index (χ4n) is 2.65. The highest BCUT2D eigenvalue weighted by molar-refractivity contribution is 8.00. The third-order valence-electron chi connectivity index (χ3n) is 4.14. The van der Waals surface area contributed by atoms with Crippen LogP contribution in [0.3, 0.4) is 0 Å². The van der Waals surface area contributed by atoms with Gasteiger partial charge in [0.2, 0.25) is 10.0 Å². The molecular formula is C17H28N4O2S2. The van der Waals surface area contributed by atoms with Gasteiger partial charge in [0.1, 0.15) is 0 Å². The molecule has 1 aliphatic rings. The Morgan fingerprint density at radius 3 is 2.68 bits per heavy atom. The topological polar surface area (TPSA) is 73.8 Å². The first-order valence-corrected chi connectivity index (χ1v) is 11.1. The van der Waals surface area contributed by atoms with Crippen molar-refractivity contribution in [2.45, 2.75) is 30.4 Å². The zero-order valence-corrected chi connectivity index (χ0v) is 16.8. The molecular weight excluding hydrogens is 356 g/mol. The molecule has 1 unspecified atom stereocenters. The molecule has 0 amide bonds. The van der Waals surface area contributed by atoms with Gasteiger partial charge in [-0.1, -0.05) is 24.6 Å². The van der Waals surface area contributed by atoms with Crippen molar-refractivity contribution in [2.24, 2.45) is 4.99 Å². The number of benzene rings is 1. The van der Waals surface area contributed by atoms with Crippen molar-refractivity contribution >= 4 is 27.7 Å². The lowest BCUT2D eigenvalue weighted by Gasteiger charge is -2.34. The van der Waals surface area contributed by atoms with E-state index in [1.54, 1.807) is 31.3 Å². The van der Waals surface area contributed by atoms with Gasteiger partial charge in [0, 0.05) is 44.2 Å². The molecule has 6 nitrogen and oxygen atoms in total. The van der Waals surface area contributed by atoms with Crippen LogP contribution in [-0.4, -0.2) is 63.5 Å². The Bertz CT molecular complexity index is 674. The van der Waals surface area contributed by atoms with Gasteiger partial charge in [-0.3, -0.25) is 4.99 Å². The van der Waals surface area contributed by atoms with E-state index in [0.29, 0.717) is 23.2 Å². The smallest absolute Gasteiger partial charge is 0.240 e. The lowest BCUT2D eigenvalue weighted by molar-refractivity contribution is 0.408. The van der Waals surface area contributed by atoms with Gasteiger partial charge < -0.3 is 10.2 Å². The predicted octanol–water partition coefficient (Wildman–Crippen LogP) is 1.68. The van der Waals surface area contributed by atoms with Crippen molar-refractivity contribution in [1.29, 1.82) is 0 Å². The minimum atomic E-state index is -3.47. The van der Waals surface area contributed by atoms with Crippen LogP contribution in [0.15, 0.2) is 34.2 Å². The summed E-state index contributed by atoms with van der Waals surface area (Å²) in [6.07, 6.45) is 1.15. The third-order valence-corrected chi connectivity index (χ3v) is 6.99.